The van der Waals surface area contributed by atoms with Gasteiger partial charge in [-0.2, -0.15) is 18.2 Å². The standard InChI is InChI=1S/C17H13F3N2O2/c1-2-3-13(23)12-8-9-21-15-14(12)24-16(22-15)10-4-6-11(7-5-10)17(18,19)20/h4-9H,2-3H2,1H3. The zero-order chi connectivity index (χ0) is 17.3. The number of ketones is 1. The summed E-state index contributed by atoms with van der Waals surface area (Å²) in [4.78, 5) is 20.3. The lowest BCUT2D eigenvalue weighted by Gasteiger charge is -2.05. The van der Waals surface area contributed by atoms with Gasteiger partial charge in [0.2, 0.25) is 5.89 Å². The number of fused-ring (bicyclic) bond motifs is 1. The summed E-state index contributed by atoms with van der Waals surface area (Å²) in [5.41, 5.74) is 0.527. The van der Waals surface area contributed by atoms with E-state index in [1.807, 2.05) is 6.92 Å². The van der Waals surface area contributed by atoms with Gasteiger partial charge in [-0.1, -0.05) is 6.92 Å². The molecule has 2 heterocycles. The number of aromatic nitrogens is 2. The fraction of sp³-hybridized carbons (Fsp3) is 0.235. The predicted octanol–water partition coefficient (Wildman–Crippen LogP) is 4.89. The van der Waals surface area contributed by atoms with Crippen molar-refractivity contribution in [2.24, 2.45) is 0 Å². The van der Waals surface area contributed by atoms with Crippen LogP contribution < -0.4 is 0 Å². The molecule has 0 aliphatic heterocycles. The van der Waals surface area contributed by atoms with Crippen LogP contribution in [0.3, 0.4) is 0 Å². The van der Waals surface area contributed by atoms with E-state index in [-0.39, 0.29) is 22.9 Å². The van der Waals surface area contributed by atoms with Gasteiger partial charge in [-0.15, -0.1) is 0 Å². The number of benzene rings is 1. The lowest BCUT2D eigenvalue weighted by molar-refractivity contribution is -0.137. The van der Waals surface area contributed by atoms with Crippen LogP contribution in [0.5, 0.6) is 0 Å². The molecule has 7 heteroatoms. The van der Waals surface area contributed by atoms with E-state index in [0.29, 0.717) is 24.0 Å². The molecule has 3 rings (SSSR count). The Morgan fingerprint density at radius 2 is 1.88 bits per heavy atom. The average molecular weight is 334 g/mol. The number of carbonyl (C=O) groups excluding carboxylic acids is 1. The number of rotatable bonds is 4. The number of nitrogens with zero attached hydrogens (tertiary/aromatic N) is 2. The number of carbonyl (C=O) groups is 1. The van der Waals surface area contributed by atoms with Crippen LogP contribution in [0.25, 0.3) is 22.7 Å². The molecule has 0 amide bonds. The molecule has 1 aromatic carbocycles. The number of hydrogen-bond acceptors (Lipinski definition) is 4. The van der Waals surface area contributed by atoms with Crippen LogP contribution >= 0.6 is 0 Å². The number of oxazole rings is 1. The van der Waals surface area contributed by atoms with Crippen LogP contribution in [0.2, 0.25) is 0 Å². The molecule has 3 aromatic rings. The summed E-state index contributed by atoms with van der Waals surface area (Å²) >= 11 is 0. The summed E-state index contributed by atoms with van der Waals surface area (Å²) in [5, 5.41) is 0. The highest BCUT2D eigenvalue weighted by atomic mass is 19.4. The minimum absolute atomic E-state index is 0.0833. The van der Waals surface area contributed by atoms with E-state index in [2.05, 4.69) is 9.97 Å². The molecule has 0 N–H and O–H groups in total. The fourth-order valence-corrected chi connectivity index (χ4v) is 2.34. The Hall–Kier alpha value is -2.70. The van der Waals surface area contributed by atoms with Gasteiger partial charge in [-0.3, -0.25) is 4.79 Å². The SMILES string of the molecule is CCCC(=O)c1ccnc2nc(-c3ccc(C(F)(F)F)cc3)oc12. The van der Waals surface area contributed by atoms with Gasteiger partial charge in [-0.25, -0.2) is 4.98 Å². The van der Waals surface area contributed by atoms with Gasteiger partial charge < -0.3 is 4.42 Å². The molecule has 0 unspecified atom stereocenters. The molecule has 0 saturated carbocycles. The maximum absolute atomic E-state index is 12.6. The average Bonchev–Trinajstić information content (AvgIpc) is 2.98. The summed E-state index contributed by atoms with van der Waals surface area (Å²) in [6.07, 6.45) is -1.87. The molecule has 0 fully saturated rings. The summed E-state index contributed by atoms with van der Waals surface area (Å²) in [6, 6.07) is 6.03. The van der Waals surface area contributed by atoms with Crippen LogP contribution in [0.1, 0.15) is 35.7 Å². The predicted molar refractivity (Wildman–Crippen MR) is 81.5 cm³/mol. The highest BCUT2D eigenvalue weighted by molar-refractivity contribution is 6.04. The van der Waals surface area contributed by atoms with Crippen LogP contribution in [0.15, 0.2) is 40.9 Å². The first-order valence-corrected chi connectivity index (χ1v) is 7.36. The van der Waals surface area contributed by atoms with Crippen molar-refractivity contribution in [3.05, 3.63) is 47.7 Å². The third-order valence-corrected chi connectivity index (χ3v) is 3.53. The quantitative estimate of drug-likeness (QED) is 0.637. The number of hydrogen-bond donors (Lipinski definition) is 0. The second kappa shape index (κ2) is 6.07. The molecule has 4 nitrogen and oxygen atoms in total. The first kappa shape index (κ1) is 16.2. The van der Waals surface area contributed by atoms with Gasteiger partial charge in [0.05, 0.1) is 11.1 Å². The molecular formula is C17H13F3N2O2. The van der Waals surface area contributed by atoms with Crippen LogP contribution in [0.4, 0.5) is 13.2 Å². The molecule has 0 saturated heterocycles. The van der Waals surface area contributed by atoms with Gasteiger partial charge in [0.25, 0.3) is 0 Å². The zero-order valence-corrected chi connectivity index (χ0v) is 12.7. The second-order valence-corrected chi connectivity index (χ2v) is 5.28. The molecule has 24 heavy (non-hydrogen) atoms. The molecule has 124 valence electrons. The van der Waals surface area contributed by atoms with Crippen LogP contribution in [-0.2, 0) is 6.18 Å². The van der Waals surface area contributed by atoms with Crippen LogP contribution in [-0.4, -0.2) is 15.8 Å². The Labute approximate surface area is 135 Å². The van der Waals surface area contributed by atoms with E-state index in [9.17, 15) is 18.0 Å². The molecule has 0 atom stereocenters. The molecule has 0 bridgehead atoms. The highest BCUT2D eigenvalue weighted by Gasteiger charge is 2.30. The van der Waals surface area contributed by atoms with E-state index in [0.717, 1.165) is 12.1 Å². The van der Waals surface area contributed by atoms with E-state index < -0.39 is 11.7 Å². The Kier molecular flexibility index (Phi) is 4.09. The van der Waals surface area contributed by atoms with Crippen molar-refractivity contribution in [2.45, 2.75) is 25.9 Å². The van der Waals surface area contributed by atoms with Gasteiger partial charge in [0, 0.05) is 18.2 Å². The number of halogens is 3. The molecule has 0 aliphatic rings. The van der Waals surface area contributed by atoms with Crippen molar-refractivity contribution in [2.75, 3.05) is 0 Å². The first-order chi connectivity index (χ1) is 11.4. The van der Waals surface area contributed by atoms with Crippen molar-refractivity contribution < 1.29 is 22.4 Å². The molecule has 0 aliphatic carbocycles. The topological polar surface area (TPSA) is 56.0 Å². The lowest BCUT2D eigenvalue weighted by atomic mass is 10.1. The monoisotopic (exact) mass is 334 g/mol. The summed E-state index contributed by atoms with van der Waals surface area (Å²) in [7, 11) is 0. The largest absolute Gasteiger partial charge is 0.434 e. The maximum Gasteiger partial charge on any atom is 0.416 e. The minimum atomic E-state index is -4.40. The first-order valence-electron chi connectivity index (χ1n) is 7.36. The smallest absolute Gasteiger partial charge is 0.416 e. The summed E-state index contributed by atoms with van der Waals surface area (Å²) < 4.78 is 43.5. The van der Waals surface area contributed by atoms with Gasteiger partial charge >= 0.3 is 6.18 Å². The Morgan fingerprint density at radius 3 is 2.50 bits per heavy atom. The van der Waals surface area contributed by atoms with E-state index in [4.69, 9.17) is 4.42 Å². The van der Waals surface area contributed by atoms with Crippen molar-refractivity contribution in [1.29, 1.82) is 0 Å². The molecular weight excluding hydrogens is 321 g/mol. The summed E-state index contributed by atoms with van der Waals surface area (Å²) in [6.45, 7) is 1.89. The van der Waals surface area contributed by atoms with E-state index in [1.54, 1.807) is 6.07 Å². The van der Waals surface area contributed by atoms with Crippen molar-refractivity contribution >= 4 is 17.0 Å². The second-order valence-electron chi connectivity index (χ2n) is 5.28. The zero-order valence-electron chi connectivity index (χ0n) is 12.7. The van der Waals surface area contributed by atoms with Crippen molar-refractivity contribution in [3.8, 4) is 11.5 Å². The summed E-state index contributed by atoms with van der Waals surface area (Å²) in [5.74, 6) is 0.0444. The van der Waals surface area contributed by atoms with Crippen LogP contribution in [0, 0.1) is 0 Å². The number of pyridine rings is 1. The fourth-order valence-electron chi connectivity index (χ4n) is 2.34. The molecule has 0 spiro atoms. The normalized spacial score (nSPS) is 11.8. The number of alkyl halides is 3. The maximum atomic E-state index is 12.6. The van der Waals surface area contributed by atoms with Gasteiger partial charge in [0.1, 0.15) is 0 Å². The Balaban J connectivity index is 2.02. The number of Topliss-reactive ketones (excluding diaryl/α,β-unsaturated/α-hetero) is 1. The van der Waals surface area contributed by atoms with Crippen molar-refractivity contribution in [1.82, 2.24) is 9.97 Å². The third kappa shape index (κ3) is 3.02. The van der Waals surface area contributed by atoms with Crippen molar-refractivity contribution in [3.63, 3.8) is 0 Å². The Bertz CT molecular complexity index is 883. The van der Waals surface area contributed by atoms with Gasteiger partial charge in [0.15, 0.2) is 17.0 Å². The van der Waals surface area contributed by atoms with E-state index >= 15 is 0 Å². The lowest BCUT2D eigenvalue weighted by Crippen LogP contribution is -2.03. The highest BCUT2D eigenvalue weighted by Crippen LogP contribution is 2.32. The Morgan fingerprint density at radius 1 is 1.17 bits per heavy atom. The molecule has 2 aromatic heterocycles. The third-order valence-electron chi connectivity index (χ3n) is 3.53. The molecule has 0 radical (unpaired) electrons. The minimum Gasteiger partial charge on any atom is -0.434 e. The van der Waals surface area contributed by atoms with Gasteiger partial charge in [-0.05, 0) is 36.8 Å². The van der Waals surface area contributed by atoms with E-state index in [1.165, 1.54) is 18.3 Å².